The van der Waals surface area contributed by atoms with Crippen molar-refractivity contribution in [3.8, 4) is 12.3 Å². The van der Waals surface area contributed by atoms with Crippen LogP contribution in [0.5, 0.6) is 0 Å². The normalized spacial score (nSPS) is 19.2. The number of hydrogen-bond donors (Lipinski definition) is 1. The van der Waals surface area contributed by atoms with Gasteiger partial charge in [0, 0.05) is 12.5 Å². The van der Waals surface area contributed by atoms with Crippen LogP contribution in [-0.2, 0) is 6.42 Å². The van der Waals surface area contributed by atoms with Gasteiger partial charge >= 0.3 is 0 Å². The van der Waals surface area contributed by atoms with E-state index in [2.05, 4.69) is 42.4 Å². The zero-order valence-corrected chi connectivity index (χ0v) is 11.3. The zero-order chi connectivity index (χ0) is 12.8. The molecule has 0 heterocycles. The van der Waals surface area contributed by atoms with Crippen molar-refractivity contribution in [1.82, 2.24) is 5.32 Å². The van der Waals surface area contributed by atoms with E-state index in [0.717, 1.165) is 19.4 Å². The smallest absolute Gasteiger partial charge is 0.0136 e. The van der Waals surface area contributed by atoms with Crippen molar-refractivity contribution in [3.05, 3.63) is 35.4 Å². The molecule has 0 bridgehead atoms. The zero-order valence-electron chi connectivity index (χ0n) is 11.3. The fourth-order valence-corrected chi connectivity index (χ4v) is 3.14. The van der Waals surface area contributed by atoms with Gasteiger partial charge in [-0.15, -0.1) is 12.3 Å². The van der Waals surface area contributed by atoms with Crippen LogP contribution in [0.2, 0.25) is 0 Å². The Morgan fingerprint density at radius 1 is 1.44 bits per heavy atom. The van der Waals surface area contributed by atoms with Gasteiger partial charge in [0.1, 0.15) is 0 Å². The lowest BCUT2D eigenvalue weighted by Crippen LogP contribution is -2.34. The average Bonchev–Trinajstić information content (AvgIpc) is 2.82. The summed E-state index contributed by atoms with van der Waals surface area (Å²) in [5, 5.41) is 3.66. The van der Waals surface area contributed by atoms with E-state index < -0.39 is 0 Å². The summed E-state index contributed by atoms with van der Waals surface area (Å²) in [6.07, 6.45) is 11.1. The number of hydrogen-bond acceptors (Lipinski definition) is 1. The third kappa shape index (κ3) is 2.94. The fourth-order valence-electron chi connectivity index (χ4n) is 3.14. The maximum Gasteiger partial charge on any atom is 0.0136 e. The minimum Gasteiger partial charge on any atom is -0.314 e. The summed E-state index contributed by atoms with van der Waals surface area (Å²) in [4.78, 5) is 0. The molecule has 1 aliphatic carbocycles. The van der Waals surface area contributed by atoms with Gasteiger partial charge in [0.2, 0.25) is 0 Å². The molecule has 0 fully saturated rings. The Kier molecular flexibility index (Phi) is 4.84. The number of benzene rings is 1. The van der Waals surface area contributed by atoms with Crippen molar-refractivity contribution < 1.29 is 0 Å². The third-order valence-corrected chi connectivity index (χ3v) is 3.97. The molecule has 1 aromatic rings. The van der Waals surface area contributed by atoms with E-state index >= 15 is 0 Å². The molecule has 1 heteroatoms. The maximum atomic E-state index is 5.35. The molecule has 2 atom stereocenters. The van der Waals surface area contributed by atoms with E-state index in [4.69, 9.17) is 6.42 Å². The van der Waals surface area contributed by atoms with Gasteiger partial charge in [-0.1, -0.05) is 31.2 Å². The minimum absolute atomic E-state index is 0.590. The van der Waals surface area contributed by atoms with Crippen molar-refractivity contribution in [2.24, 2.45) is 0 Å². The van der Waals surface area contributed by atoms with Crippen LogP contribution < -0.4 is 5.32 Å². The first-order valence-electron chi connectivity index (χ1n) is 7.11. The molecule has 1 aromatic carbocycles. The van der Waals surface area contributed by atoms with Crippen molar-refractivity contribution >= 4 is 0 Å². The van der Waals surface area contributed by atoms with Crippen LogP contribution in [-0.4, -0.2) is 12.6 Å². The molecule has 0 amide bonds. The second kappa shape index (κ2) is 6.61. The molecule has 1 nitrogen and oxygen atoms in total. The molecule has 0 aromatic heterocycles. The van der Waals surface area contributed by atoms with E-state index in [1.54, 1.807) is 11.1 Å². The van der Waals surface area contributed by atoms with Crippen molar-refractivity contribution in [3.63, 3.8) is 0 Å². The van der Waals surface area contributed by atoms with Crippen LogP contribution >= 0.6 is 0 Å². The molecule has 0 radical (unpaired) electrons. The predicted molar refractivity (Wildman–Crippen MR) is 77.7 cm³/mol. The minimum atomic E-state index is 0.590. The van der Waals surface area contributed by atoms with Crippen molar-refractivity contribution in [2.45, 2.75) is 51.0 Å². The molecule has 0 spiro atoms. The number of unbranched alkanes of at least 4 members (excludes halogenated alkanes) is 1. The highest BCUT2D eigenvalue weighted by atomic mass is 14.9. The topological polar surface area (TPSA) is 12.0 Å². The summed E-state index contributed by atoms with van der Waals surface area (Å²) in [6.45, 7) is 3.23. The Labute approximate surface area is 111 Å². The van der Waals surface area contributed by atoms with Crippen molar-refractivity contribution in [1.29, 1.82) is 0 Å². The maximum absolute atomic E-state index is 5.35. The molecular weight excluding hydrogens is 218 g/mol. The second-order valence-electron chi connectivity index (χ2n) is 5.10. The Hall–Kier alpha value is -1.26. The molecule has 2 unspecified atom stereocenters. The summed E-state index contributed by atoms with van der Waals surface area (Å²) in [7, 11) is 0. The lowest BCUT2D eigenvalue weighted by atomic mass is 9.89. The van der Waals surface area contributed by atoms with Crippen LogP contribution in [0.1, 0.15) is 49.7 Å². The molecule has 1 aliphatic rings. The van der Waals surface area contributed by atoms with Gasteiger partial charge in [-0.05, 0) is 49.3 Å². The van der Waals surface area contributed by atoms with Crippen LogP contribution in [0.4, 0.5) is 0 Å². The Balaban J connectivity index is 2.05. The first-order valence-corrected chi connectivity index (χ1v) is 7.11. The number of nitrogens with one attached hydrogen (secondary N) is 1. The van der Waals surface area contributed by atoms with Gasteiger partial charge < -0.3 is 5.32 Å². The van der Waals surface area contributed by atoms with Gasteiger partial charge in [-0.25, -0.2) is 0 Å². The summed E-state index contributed by atoms with van der Waals surface area (Å²) in [5.74, 6) is 3.43. The Bertz CT molecular complexity index is 416. The van der Waals surface area contributed by atoms with E-state index in [0.29, 0.717) is 12.0 Å². The molecule has 0 aliphatic heterocycles. The van der Waals surface area contributed by atoms with E-state index in [1.165, 1.54) is 19.3 Å². The summed E-state index contributed by atoms with van der Waals surface area (Å²) < 4.78 is 0. The number of fused-ring (bicyclic) bond motifs is 1. The standard InChI is InChI=1S/C17H23N/c1-3-5-6-11-17(18-4-2)16-13-12-14-9-7-8-10-15(14)16/h1,7-10,16-18H,4-6,11-13H2,2H3. The largest absolute Gasteiger partial charge is 0.314 e. The van der Waals surface area contributed by atoms with Crippen LogP contribution in [0, 0.1) is 12.3 Å². The number of aryl methyl sites for hydroxylation is 1. The fraction of sp³-hybridized carbons (Fsp3) is 0.529. The third-order valence-electron chi connectivity index (χ3n) is 3.97. The highest BCUT2D eigenvalue weighted by Crippen LogP contribution is 2.36. The lowest BCUT2D eigenvalue weighted by Gasteiger charge is -2.25. The van der Waals surface area contributed by atoms with E-state index in [9.17, 15) is 0 Å². The summed E-state index contributed by atoms with van der Waals surface area (Å²) in [6, 6.07) is 9.49. The van der Waals surface area contributed by atoms with Crippen LogP contribution in [0.25, 0.3) is 0 Å². The molecule has 0 saturated carbocycles. The first-order chi connectivity index (χ1) is 8.86. The predicted octanol–water partition coefficient (Wildman–Crippen LogP) is 3.50. The SMILES string of the molecule is C#CCCCC(NCC)C1CCc2ccccc21. The molecule has 96 valence electrons. The Morgan fingerprint density at radius 3 is 3.06 bits per heavy atom. The monoisotopic (exact) mass is 241 g/mol. The quantitative estimate of drug-likeness (QED) is 0.594. The highest BCUT2D eigenvalue weighted by molar-refractivity contribution is 5.36. The number of terminal acetylenes is 1. The van der Waals surface area contributed by atoms with Gasteiger partial charge in [0.25, 0.3) is 0 Å². The average molecular weight is 241 g/mol. The van der Waals surface area contributed by atoms with Gasteiger partial charge in [0.15, 0.2) is 0 Å². The number of likely N-dealkylation sites (N-methyl/N-ethyl adjacent to an activating group) is 1. The van der Waals surface area contributed by atoms with Gasteiger partial charge in [-0.2, -0.15) is 0 Å². The second-order valence-corrected chi connectivity index (χ2v) is 5.10. The highest BCUT2D eigenvalue weighted by Gasteiger charge is 2.28. The van der Waals surface area contributed by atoms with E-state index in [1.807, 2.05) is 0 Å². The van der Waals surface area contributed by atoms with Crippen LogP contribution in [0.3, 0.4) is 0 Å². The van der Waals surface area contributed by atoms with E-state index in [-0.39, 0.29) is 0 Å². The molecule has 18 heavy (non-hydrogen) atoms. The molecule has 1 N–H and O–H groups in total. The molecule has 0 saturated heterocycles. The van der Waals surface area contributed by atoms with Crippen molar-refractivity contribution in [2.75, 3.05) is 6.54 Å². The number of rotatable bonds is 6. The Morgan fingerprint density at radius 2 is 2.28 bits per heavy atom. The summed E-state index contributed by atoms with van der Waals surface area (Å²) in [5.41, 5.74) is 3.10. The van der Waals surface area contributed by atoms with Gasteiger partial charge in [0.05, 0.1) is 0 Å². The summed E-state index contributed by atoms with van der Waals surface area (Å²) >= 11 is 0. The molecular formula is C17H23N. The van der Waals surface area contributed by atoms with Gasteiger partial charge in [-0.3, -0.25) is 0 Å². The lowest BCUT2D eigenvalue weighted by molar-refractivity contribution is 0.406. The first kappa shape index (κ1) is 13.2. The van der Waals surface area contributed by atoms with Crippen LogP contribution in [0.15, 0.2) is 24.3 Å². The molecule has 2 rings (SSSR count).